The third-order valence-corrected chi connectivity index (χ3v) is 5.88. The average molecular weight is 583 g/mol. The Balaban J connectivity index is 1.60. The Bertz CT molecular complexity index is 1450. The van der Waals surface area contributed by atoms with E-state index in [4.69, 9.17) is 19.1 Å². The summed E-state index contributed by atoms with van der Waals surface area (Å²) in [6.45, 7) is 5.12. The number of aliphatic hydroxyl groups excluding tert-OH is 1. The highest BCUT2D eigenvalue weighted by molar-refractivity contribution is 6.00. The molecule has 0 unspecified atom stereocenters. The third kappa shape index (κ3) is 7.69. The zero-order valence-electron chi connectivity index (χ0n) is 24.1. The molecule has 1 aromatic carbocycles. The van der Waals surface area contributed by atoms with Gasteiger partial charge in [-0.1, -0.05) is 11.2 Å². The molecule has 1 fully saturated rings. The van der Waals surface area contributed by atoms with Crippen molar-refractivity contribution < 1.29 is 33.5 Å². The number of carbonyl (C=O) groups is 3. The molecular formula is C27H34N8O7. The van der Waals surface area contributed by atoms with Crippen molar-refractivity contribution in [2.24, 2.45) is 5.92 Å². The summed E-state index contributed by atoms with van der Waals surface area (Å²) in [5, 5.41) is 29.5. The van der Waals surface area contributed by atoms with Gasteiger partial charge < -0.3 is 40.0 Å². The molecule has 3 amide bonds. The van der Waals surface area contributed by atoms with Gasteiger partial charge in [-0.15, -0.1) is 10.2 Å². The standard InChI is InChI=1S/C27H34N8O7/c1-27(2,3)41-26(39)35(4)14-20-31-25(42-34-20)16-7-6-8-17(22(16)40-5)29-18-13-19(30-23(37)15-9-10-15)32-33-21(18)24(38)28-11-12-36/h6-8,13,15,36H,9-12,14H2,1-5H3,(H,28,38)(H2,29,30,32,37). The summed E-state index contributed by atoms with van der Waals surface area (Å²) in [5.41, 5.74) is 0.376. The lowest BCUT2D eigenvalue weighted by molar-refractivity contribution is -0.117. The van der Waals surface area contributed by atoms with Gasteiger partial charge in [0.1, 0.15) is 5.60 Å². The molecule has 2 aromatic heterocycles. The molecular weight excluding hydrogens is 548 g/mol. The minimum Gasteiger partial charge on any atom is -0.494 e. The molecule has 1 saturated carbocycles. The monoisotopic (exact) mass is 582 g/mol. The van der Waals surface area contributed by atoms with Gasteiger partial charge in [0.15, 0.2) is 23.1 Å². The number of nitrogens with zero attached hydrogens (tertiary/aromatic N) is 5. The van der Waals surface area contributed by atoms with Crippen LogP contribution < -0.4 is 20.7 Å². The molecule has 1 aliphatic carbocycles. The van der Waals surface area contributed by atoms with Gasteiger partial charge in [-0.2, -0.15) is 4.98 Å². The van der Waals surface area contributed by atoms with Crippen molar-refractivity contribution in [3.8, 4) is 17.2 Å². The first-order valence-electron chi connectivity index (χ1n) is 13.3. The summed E-state index contributed by atoms with van der Waals surface area (Å²) >= 11 is 0. The van der Waals surface area contributed by atoms with Crippen molar-refractivity contribution in [1.29, 1.82) is 0 Å². The minimum absolute atomic E-state index is 0.0154. The Hall–Kier alpha value is -4.79. The van der Waals surface area contributed by atoms with E-state index < -0.39 is 17.6 Å². The van der Waals surface area contributed by atoms with E-state index in [1.165, 1.54) is 18.1 Å². The van der Waals surface area contributed by atoms with Crippen molar-refractivity contribution in [2.75, 3.05) is 37.9 Å². The molecule has 15 heteroatoms. The molecule has 0 atom stereocenters. The first kappa shape index (κ1) is 30.2. The number of methoxy groups -OCH3 is 1. The lowest BCUT2D eigenvalue weighted by Gasteiger charge is -2.23. The fourth-order valence-electron chi connectivity index (χ4n) is 3.76. The normalized spacial score (nSPS) is 12.8. The molecule has 0 saturated heterocycles. The highest BCUT2D eigenvalue weighted by atomic mass is 16.6. The molecule has 0 radical (unpaired) electrons. The maximum absolute atomic E-state index is 12.8. The van der Waals surface area contributed by atoms with Gasteiger partial charge in [0.25, 0.3) is 11.8 Å². The van der Waals surface area contributed by atoms with Crippen LogP contribution in [0.25, 0.3) is 11.5 Å². The molecule has 0 bridgehead atoms. The SMILES string of the molecule is COc1c(Nc2cc(NC(=O)C3CC3)nnc2C(=O)NCCO)cccc1-c1nc(CN(C)C(=O)OC(C)(C)C)no1. The Morgan fingerprint density at radius 3 is 2.60 bits per heavy atom. The van der Waals surface area contributed by atoms with Gasteiger partial charge in [0.2, 0.25) is 5.91 Å². The van der Waals surface area contributed by atoms with E-state index >= 15 is 0 Å². The second-order valence-electron chi connectivity index (χ2n) is 10.6. The van der Waals surface area contributed by atoms with Crippen LogP contribution in [0.5, 0.6) is 5.75 Å². The van der Waals surface area contributed by atoms with Crippen LogP contribution in [0.2, 0.25) is 0 Å². The molecule has 42 heavy (non-hydrogen) atoms. The van der Waals surface area contributed by atoms with E-state index in [1.807, 2.05) is 0 Å². The number of benzene rings is 1. The van der Waals surface area contributed by atoms with Gasteiger partial charge in [-0.05, 0) is 45.7 Å². The largest absolute Gasteiger partial charge is 0.494 e. The van der Waals surface area contributed by atoms with Crippen LogP contribution in [0.1, 0.15) is 49.9 Å². The van der Waals surface area contributed by atoms with Gasteiger partial charge in [-0.25, -0.2) is 4.79 Å². The van der Waals surface area contributed by atoms with Crippen molar-refractivity contribution in [3.05, 3.63) is 35.8 Å². The van der Waals surface area contributed by atoms with Gasteiger partial charge in [-0.3, -0.25) is 9.59 Å². The second-order valence-corrected chi connectivity index (χ2v) is 10.6. The number of carbonyl (C=O) groups excluding carboxylic acids is 3. The maximum atomic E-state index is 12.8. The molecule has 2 heterocycles. The van der Waals surface area contributed by atoms with Crippen LogP contribution in [0.15, 0.2) is 28.8 Å². The average Bonchev–Trinajstić information content (AvgIpc) is 3.69. The lowest BCUT2D eigenvalue weighted by atomic mass is 10.1. The van der Waals surface area contributed by atoms with Crippen LogP contribution in [0.3, 0.4) is 0 Å². The Morgan fingerprint density at radius 1 is 1.17 bits per heavy atom. The lowest BCUT2D eigenvalue weighted by Crippen LogP contribution is -2.34. The van der Waals surface area contributed by atoms with E-state index in [2.05, 4.69) is 36.3 Å². The molecule has 0 aliphatic heterocycles. The van der Waals surface area contributed by atoms with Crippen molar-refractivity contribution in [3.63, 3.8) is 0 Å². The number of hydrogen-bond acceptors (Lipinski definition) is 12. The third-order valence-electron chi connectivity index (χ3n) is 5.88. The topological polar surface area (TPSA) is 194 Å². The zero-order valence-corrected chi connectivity index (χ0v) is 24.1. The number of aromatic nitrogens is 4. The summed E-state index contributed by atoms with van der Waals surface area (Å²) < 4.78 is 16.5. The fourth-order valence-corrected chi connectivity index (χ4v) is 3.76. The highest BCUT2D eigenvalue weighted by Gasteiger charge is 2.30. The van der Waals surface area contributed by atoms with E-state index in [9.17, 15) is 14.4 Å². The first-order valence-corrected chi connectivity index (χ1v) is 13.3. The first-order chi connectivity index (χ1) is 20.0. The quantitative estimate of drug-likeness (QED) is 0.259. The van der Waals surface area contributed by atoms with Gasteiger partial charge in [0, 0.05) is 25.6 Å². The van der Waals surface area contributed by atoms with Gasteiger partial charge >= 0.3 is 6.09 Å². The predicted octanol–water partition coefficient (Wildman–Crippen LogP) is 2.72. The van der Waals surface area contributed by atoms with Crippen LogP contribution in [-0.4, -0.2) is 81.2 Å². The Labute approximate surface area is 242 Å². The summed E-state index contributed by atoms with van der Waals surface area (Å²) in [6.07, 6.45) is 1.09. The molecule has 0 spiro atoms. The van der Waals surface area contributed by atoms with Crippen LogP contribution >= 0.6 is 0 Å². The smallest absolute Gasteiger partial charge is 0.410 e. The molecule has 15 nitrogen and oxygen atoms in total. The number of rotatable bonds is 11. The minimum atomic E-state index is -0.651. The summed E-state index contributed by atoms with van der Waals surface area (Å²) in [6, 6.07) is 6.62. The Kier molecular flexibility index (Phi) is 9.20. The summed E-state index contributed by atoms with van der Waals surface area (Å²) in [4.78, 5) is 43.1. The van der Waals surface area contributed by atoms with Crippen molar-refractivity contribution in [2.45, 2.75) is 45.8 Å². The molecule has 4 rings (SSSR count). The van der Waals surface area contributed by atoms with E-state index in [0.717, 1.165) is 12.8 Å². The zero-order chi connectivity index (χ0) is 30.4. The van der Waals surface area contributed by atoms with E-state index in [-0.39, 0.29) is 60.4 Å². The molecule has 4 N–H and O–H groups in total. The maximum Gasteiger partial charge on any atom is 0.410 e. The van der Waals surface area contributed by atoms with Crippen LogP contribution in [-0.2, 0) is 16.1 Å². The number of amides is 3. The molecule has 1 aliphatic rings. The van der Waals surface area contributed by atoms with Crippen LogP contribution in [0, 0.1) is 5.92 Å². The number of hydrogen-bond donors (Lipinski definition) is 4. The number of aliphatic hydroxyl groups is 1. The molecule has 3 aromatic rings. The van der Waals surface area contributed by atoms with E-state index in [0.29, 0.717) is 17.0 Å². The Morgan fingerprint density at radius 2 is 1.93 bits per heavy atom. The predicted molar refractivity (Wildman–Crippen MR) is 150 cm³/mol. The number of nitrogens with one attached hydrogen (secondary N) is 3. The fraction of sp³-hybridized carbons (Fsp3) is 0.444. The second kappa shape index (κ2) is 12.8. The number of anilines is 3. The number of para-hydroxylation sites is 1. The van der Waals surface area contributed by atoms with Crippen molar-refractivity contribution >= 4 is 35.1 Å². The molecule has 224 valence electrons. The number of ether oxygens (including phenoxy) is 2. The highest BCUT2D eigenvalue weighted by Crippen LogP contribution is 2.38. The van der Waals surface area contributed by atoms with Crippen molar-refractivity contribution in [1.82, 2.24) is 30.6 Å². The summed E-state index contributed by atoms with van der Waals surface area (Å²) in [7, 11) is 3.02. The van der Waals surface area contributed by atoms with Gasteiger partial charge in [0.05, 0.1) is 37.2 Å². The summed E-state index contributed by atoms with van der Waals surface area (Å²) in [5.74, 6) is 0.0526. The van der Waals surface area contributed by atoms with Crippen LogP contribution in [0.4, 0.5) is 22.0 Å². The van der Waals surface area contributed by atoms with E-state index in [1.54, 1.807) is 46.0 Å².